The van der Waals surface area contributed by atoms with Crippen LogP contribution in [0.3, 0.4) is 0 Å². The molecule has 0 fully saturated rings. The van der Waals surface area contributed by atoms with Crippen LogP contribution in [-0.4, -0.2) is 26.2 Å². The largest absolute Gasteiger partial charge is 0.483 e. The third kappa shape index (κ3) is 5.03. The van der Waals surface area contributed by atoms with Crippen molar-refractivity contribution in [1.29, 1.82) is 0 Å². The van der Waals surface area contributed by atoms with Gasteiger partial charge in [0.1, 0.15) is 0 Å². The van der Waals surface area contributed by atoms with E-state index in [-0.39, 0.29) is 6.47 Å². The summed E-state index contributed by atoms with van der Waals surface area (Å²) in [4.78, 5) is 12.3. The maximum Gasteiger partial charge on any atom is 0.417 e. The molecule has 0 saturated carbocycles. The Bertz CT molecular complexity index is 812. The Labute approximate surface area is 142 Å². The van der Waals surface area contributed by atoms with E-state index in [1.165, 1.54) is 6.07 Å². The van der Waals surface area contributed by atoms with Gasteiger partial charge in [0.2, 0.25) is 0 Å². The van der Waals surface area contributed by atoms with Crippen molar-refractivity contribution in [1.82, 2.24) is 14.6 Å². The number of fused-ring (bicyclic) bond motifs is 1. The highest BCUT2D eigenvalue weighted by molar-refractivity contribution is 5.77. The number of pyridine rings is 2. The molecule has 0 amide bonds. The number of alkyl halides is 3. The molecule has 0 bridgehead atoms. The molecule has 3 aromatic rings. The van der Waals surface area contributed by atoms with Crippen LogP contribution >= 0.6 is 0 Å². The van der Waals surface area contributed by atoms with E-state index in [9.17, 15) is 13.2 Å². The van der Waals surface area contributed by atoms with Gasteiger partial charge >= 0.3 is 6.18 Å². The summed E-state index contributed by atoms with van der Waals surface area (Å²) in [5.74, 6) is 0. The number of hydrogen-bond acceptors (Lipinski definition) is 3. The molecule has 134 valence electrons. The van der Waals surface area contributed by atoms with Crippen LogP contribution in [0.5, 0.6) is 0 Å². The zero-order valence-electron chi connectivity index (χ0n) is 13.9. The summed E-state index contributed by atoms with van der Waals surface area (Å²) < 4.78 is 39.2. The zero-order valence-corrected chi connectivity index (χ0v) is 13.9. The molecule has 0 saturated heterocycles. The van der Waals surface area contributed by atoms with Crippen molar-refractivity contribution in [2.75, 3.05) is 0 Å². The first-order valence-corrected chi connectivity index (χ1v) is 7.42. The Kier molecular flexibility index (Phi) is 7.10. The average Bonchev–Trinajstić information content (AvgIpc) is 3.00. The van der Waals surface area contributed by atoms with Gasteiger partial charge in [-0.1, -0.05) is 13.8 Å². The Morgan fingerprint density at radius 3 is 2.32 bits per heavy atom. The number of halogens is 3. The first kappa shape index (κ1) is 20.1. The molecular weight excluding hydrogens is 335 g/mol. The van der Waals surface area contributed by atoms with Crippen molar-refractivity contribution in [2.24, 2.45) is 0 Å². The van der Waals surface area contributed by atoms with Crippen LogP contribution < -0.4 is 0 Å². The van der Waals surface area contributed by atoms with E-state index in [1.807, 2.05) is 32.9 Å². The summed E-state index contributed by atoms with van der Waals surface area (Å²) in [6.45, 7) is 5.69. The van der Waals surface area contributed by atoms with E-state index in [1.54, 1.807) is 16.9 Å². The monoisotopic (exact) mass is 353 g/mol. The van der Waals surface area contributed by atoms with E-state index in [0.717, 1.165) is 23.3 Å². The zero-order chi connectivity index (χ0) is 19.0. The quantitative estimate of drug-likeness (QED) is 0.656. The third-order valence-electron chi connectivity index (χ3n) is 3.04. The normalized spacial score (nSPS) is 10.3. The average molecular weight is 353 g/mol. The van der Waals surface area contributed by atoms with Gasteiger partial charge in [0.15, 0.2) is 0 Å². The predicted molar refractivity (Wildman–Crippen MR) is 88.2 cm³/mol. The lowest BCUT2D eigenvalue weighted by atomic mass is 10.1. The number of aromatic nitrogens is 3. The minimum Gasteiger partial charge on any atom is -0.483 e. The standard InChI is InChI=1S/C14H10F3N3.C2H6.CH2O2/c1-9-4-5-20-13(6-9)11(8-19-20)12-3-2-10(7-18-12)14(15,16)17;1-2;2-1-3/h2-8H,1H3;1-2H3;1H,(H,2,3). The number of carboxylic acid groups (broad SMARTS) is 1. The van der Waals surface area contributed by atoms with Crippen LogP contribution in [0.1, 0.15) is 25.0 Å². The first-order valence-electron chi connectivity index (χ1n) is 7.42. The van der Waals surface area contributed by atoms with Gasteiger partial charge in [-0.05, 0) is 36.8 Å². The number of carbonyl (C=O) groups is 1. The van der Waals surface area contributed by atoms with Gasteiger partial charge in [-0.2, -0.15) is 18.3 Å². The molecule has 3 rings (SSSR count). The molecular formula is C17H18F3N3O2. The van der Waals surface area contributed by atoms with Crippen LogP contribution in [0, 0.1) is 6.92 Å². The summed E-state index contributed by atoms with van der Waals surface area (Å²) in [5, 5.41) is 11.1. The summed E-state index contributed by atoms with van der Waals surface area (Å²) in [5.41, 5.74) is 2.29. The number of nitrogens with zero attached hydrogens (tertiary/aromatic N) is 3. The van der Waals surface area contributed by atoms with Gasteiger partial charge in [-0.3, -0.25) is 9.78 Å². The van der Waals surface area contributed by atoms with Gasteiger partial charge in [0.05, 0.1) is 23.0 Å². The molecule has 0 aliphatic rings. The molecule has 0 radical (unpaired) electrons. The van der Waals surface area contributed by atoms with Crippen molar-refractivity contribution in [3.8, 4) is 11.3 Å². The third-order valence-corrected chi connectivity index (χ3v) is 3.04. The van der Waals surface area contributed by atoms with E-state index in [2.05, 4.69) is 10.1 Å². The van der Waals surface area contributed by atoms with E-state index >= 15 is 0 Å². The van der Waals surface area contributed by atoms with Gasteiger partial charge in [0, 0.05) is 18.0 Å². The summed E-state index contributed by atoms with van der Waals surface area (Å²) in [7, 11) is 0. The van der Waals surface area contributed by atoms with Crippen LogP contribution in [0.2, 0.25) is 0 Å². The van der Waals surface area contributed by atoms with E-state index in [4.69, 9.17) is 9.90 Å². The van der Waals surface area contributed by atoms with Crippen molar-refractivity contribution < 1.29 is 23.1 Å². The lowest BCUT2D eigenvalue weighted by Gasteiger charge is -2.06. The second-order valence-electron chi connectivity index (χ2n) is 4.63. The Balaban J connectivity index is 0.000000567. The van der Waals surface area contributed by atoms with Crippen LogP contribution in [0.4, 0.5) is 13.2 Å². The molecule has 0 aliphatic heterocycles. The molecule has 25 heavy (non-hydrogen) atoms. The highest BCUT2D eigenvalue weighted by Crippen LogP contribution is 2.30. The van der Waals surface area contributed by atoms with E-state index < -0.39 is 11.7 Å². The van der Waals surface area contributed by atoms with Crippen LogP contribution in [0.15, 0.2) is 42.9 Å². The van der Waals surface area contributed by atoms with Gasteiger partial charge < -0.3 is 5.11 Å². The number of aryl methyl sites for hydroxylation is 1. The molecule has 8 heteroatoms. The Hall–Kier alpha value is -2.90. The molecule has 5 nitrogen and oxygen atoms in total. The second-order valence-corrected chi connectivity index (χ2v) is 4.63. The van der Waals surface area contributed by atoms with Gasteiger partial charge in [-0.15, -0.1) is 0 Å². The molecule has 0 unspecified atom stereocenters. The van der Waals surface area contributed by atoms with Crippen molar-refractivity contribution >= 4 is 12.0 Å². The van der Waals surface area contributed by atoms with Crippen molar-refractivity contribution in [3.05, 3.63) is 54.0 Å². The Morgan fingerprint density at radius 1 is 1.16 bits per heavy atom. The predicted octanol–water partition coefficient (Wildman–Crippen LogP) is 4.45. The van der Waals surface area contributed by atoms with Crippen molar-refractivity contribution in [2.45, 2.75) is 26.9 Å². The minimum atomic E-state index is -4.37. The molecule has 0 aromatic carbocycles. The van der Waals surface area contributed by atoms with Crippen LogP contribution in [-0.2, 0) is 11.0 Å². The molecule has 3 aromatic heterocycles. The fraction of sp³-hybridized carbons (Fsp3) is 0.235. The fourth-order valence-corrected chi connectivity index (χ4v) is 2.00. The maximum atomic E-state index is 12.5. The lowest BCUT2D eigenvalue weighted by Crippen LogP contribution is -2.05. The lowest BCUT2D eigenvalue weighted by molar-refractivity contribution is -0.137. The molecule has 0 atom stereocenters. The minimum absolute atomic E-state index is 0.250. The maximum absolute atomic E-state index is 12.5. The second kappa shape index (κ2) is 8.81. The summed E-state index contributed by atoms with van der Waals surface area (Å²) in [6, 6.07) is 6.22. The molecule has 3 heterocycles. The highest BCUT2D eigenvalue weighted by Gasteiger charge is 2.30. The topological polar surface area (TPSA) is 67.5 Å². The highest BCUT2D eigenvalue weighted by atomic mass is 19.4. The smallest absolute Gasteiger partial charge is 0.417 e. The van der Waals surface area contributed by atoms with Gasteiger partial charge in [-0.25, -0.2) is 4.52 Å². The SMILES string of the molecule is CC.Cc1ccn2ncc(-c3ccc(C(F)(F)F)cn3)c2c1.O=CO. The summed E-state index contributed by atoms with van der Waals surface area (Å²) >= 11 is 0. The van der Waals surface area contributed by atoms with E-state index in [0.29, 0.717) is 11.3 Å². The van der Waals surface area contributed by atoms with Crippen molar-refractivity contribution in [3.63, 3.8) is 0 Å². The number of rotatable bonds is 1. The fourth-order valence-electron chi connectivity index (χ4n) is 2.00. The summed E-state index contributed by atoms with van der Waals surface area (Å²) in [6.07, 6.45) is -0.125. The molecule has 1 N–H and O–H groups in total. The van der Waals surface area contributed by atoms with Gasteiger partial charge in [0.25, 0.3) is 6.47 Å². The molecule has 0 aliphatic carbocycles. The Morgan fingerprint density at radius 2 is 1.80 bits per heavy atom. The first-order chi connectivity index (χ1) is 11.9. The number of hydrogen-bond donors (Lipinski definition) is 1. The van der Waals surface area contributed by atoms with Crippen LogP contribution in [0.25, 0.3) is 16.8 Å². The molecule has 0 spiro atoms.